The lowest BCUT2D eigenvalue weighted by molar-refractivity contribution is 0.222. The van der Waals surface area contributed by atoms with Gasteiger partial charge in [-0.25, -0.2) is 0 Å². The Labute approximate surface area is 112 Å². The SMILES string of the molecule is CCN(CC)CCOc1cc(C(C)C)ccc1C. The molecule has 0 bridgehead atoms. The predicted molar refractivity (Wildman–Crippen MR) is 78.6 cm³/mol. The zero-order valence-electron chi connectivity index (χ0n) is 12.5. The van der Waals surface area contributed by atoms with Crippen molar-refractivity contribution in [2.45, 2.75) is 40.5 Å². The monoisotopic (exact) mass is 249 g/mol. The summed E-state index contributed by atoms with van der Waals surface area (Å²) in [6.07, 6.45) is 0. The summed E-state index contributed by atoms with van der Waals surface area (Å²) >= 11 is 0. The molecular weight excluding hydrogens is 222 g/mol. The molecule has 102 valence electrons. The Morgan fingerprint density at radius 2 is 1.83 bits per heavy atom. The van der Waals surface area contributed by atoms with Crippen LogP contribution >= 0.6 is 0 Å². The van der Waals surface area contributed by atoms with Gasteiger partial charge in [0.1, 0.15) is 12.4 Å². The first-order chi connectivity index (χ1) is 8.58. The zero-order chi connectivity index (χ0) is 13.5. The highest BCUT2D eigenvalue weighted by molar-refractivity contribution is 5.37. The minimum absolute atomic E-state index is 0.552. The van der Waals surface area contributed by atoms with E-state index in [0.717, 1.165) is 32.0 Å². The lowest BCUT2D eigenvalue weighted by Gasteiger charge is -2.19. The fourth-order valence-electron chi connectivity index (χ4n) is 1.96. The summed E-state index contributed by atoms with van der Waals surface area (Å²) in [5, 5.41) is 0. The molecule has 0 aliphatic carbocycles. The van der Waals surface area contributed by atoms with Gasteiger partial charge in [-0.15, -0.1) is 0 Å². The first kappa shape index (κ1) is 15.0. The number of hydrogen-bond donors (Lipinski definition) is 0. The van der Waals surface area contributed by atoms with Crippen molar-refractivity contribution >= 4 is 0 Å². The van der Waals surface area contributed by atoms with E-state index >= 15 is 0 Å². The molecule has 0 heterocycles. The maximum absolute atomic E-state index is 5.92. The quantitative estimate of drug-likeness (QED) is 0.728. The molecule has 0 aromatic heterocycles. The molecule has 0 unspecified atom stereocenters. The zero-order valence-corrected chi connectivity index (χ0v) is 12.5. The number of rotatable bonds is 7. The number of nitrogens with zero attached hydrogens (tertiary/aromatic N) is 1. The maximum Gasteiger partial charge on any atom is 0.122 e. The third kappa shape index (κ3) is 4.34. The molecule has 0 saturated heterocycles. The van der Waals surface area contributed by atoms with E-state index in [1.165, 1.54) is 11.1 Å². The number of benzene rings is 1. The van der Waals surface area contributed by atoms with Crippen LogP contribution in [0.5, 0.6) is 5.75 Å². The van der Waals surface area contributed by atoms with Crippen LogP contribution in [0.1, 0.15) is 44.7 Å². The second-order valence-electron chi connectivity index (χ2n) is 5.05. The van der Waals surface area contributed by atoms with E-state index in [1.807, 2.05) is 0 Å². The normalized spacial score (nSPS) is 11.3. The summed E-state index contributed by atoms with van der Waals surface area (Å²) in [7, 11) is 0. The third-order valence-electron chi connectivity index (χ3n) is 3.44. The molecular formula is C16H27NO. The average molecular weight is 249 g/mol. The Kier molecular flexibility index (Phi) is 6.20. The van der Waals surface area contributed by atoms with Gasteiger partial charge in [-0.2, -0.15) is 0 Å². The van der Waals surface area contributed by atoms with Gasteiger partial charge in [-0.3, -0.25) is 0 Å². The van der Waals surface area contributed by atoms with E-state index in [9.17, 15) is 0 Å². The molecule has 0 spiro atoms. The van der Waals surface area contributed by atoms with Crippen molar-refractivity contribution in [3.05, 3.63) is 29.3 Å². The van der Waals surface area contributed by atoms with Crippen LogP contribution in [-0.4, -0.2) is 31.1 Å². The lowest BCUT2D eigenvalue weighted by atomic mass is 10.0. The van der Waals surface area contributed by atoms with Crippen molar-refractivity contribution in [2.24, 2.45) is 0 Å². The van der Waals surface area contributed by atoms with Crippen LogP contribution < -0.4 is 4.74 Å². The molecule has 0 fully saturated rings. The smallest absolute Gasteiger partial charge is 0.122 e. The molecule has 0 atom stereocenters. The van der Waals surface area contributed by atoms with Gasteiger partial charge < -0.3 is 9.64 Å². The number of aryl methyl sites for hydroxylation is 1. The van der Waals surface area contributed by atoms with Crippen molar-refractivity contribution in [3.8, 4) is 5.75 Å². The molecule has 0 radical (unpaired) electrons. The van der Waals surface area contributed by atoms with E-state index in [-0.39, 0.29) is 0 Å². The second kappa shape index (κ2) is 7.42. The van der Waals surface area contributed by atoms with Gasteiger partial charge in [-0.1, -0.05) is 39.8 Å². The Morgan fingerprint density at radius 3 is 2.39 bits per heavy atom. The van der Waals surface area contributed by atoms with E-state index in [0.29, 0.717) is 5.92 Å². The first-order valence-corrected chi connectivity index (χ1v) is 7.04. The van der Waals surface area contributed by atoms with Crippen LogP contribution in [-0.2, 0) is 0 Å². The summed E-state index contributed by atoms with van der Waals surface area (Å²) in [5.41, 5.74) is 2.57. The molecule has 1 aromatic carbocycles. The molecule has 0 aliphatic rings. The number of hydrogen-bond acceptors (Lipinski definition) is 2. The largest absolute Gasteiger partial charge is 0.492 e. The number of likely N-dealkylation sites (N-methyl/N-ethyl adjacent to an activating group) is 1. The summed E-state index contributed by atoms with van der Waals surface area (Å²) in [6, 6.07) is 6.53. The molecule has 1 rings (SSSR count). The van der Waals surface area contributed by atoms with Gasteiger partial charge in [0.05, 0.1) is 0 Å². The maximum atomic E-state index is 5.92. The number of ether oxygens (including phenoxy) is 1. The molecule has 0 aliphatic heterocycles. The van der Waals surface area contributed by atoms with E-state index in [1.54, 1.807) is 0 Å². The topological polar surface area (TPSA) is 12.5 Å². The highest BCUT2D eigenvalue weighted by atomic mass is 16.5. The van der Waals surface area contributed by atoms with Crippen LogP contribution in [0.15, 0.2) is 18.2 Å². The molecule has 2 heteroatoms. The van der Waals surface area contributed by atoms with Crippen molar-refractivity contribution in [3.63, 3.8) is 0 Å². The van der Waals surface area contributed by atoms with Crippen molar-refractivity contribution in [1.82, 2.24) is 4.90 Å². The average Bonchev–Trinajstić information content (AvgIpc) is 2.36. The first-order valence-electron chi connectivity index (χ1n) is 7.04. The Balaban J connectivity index is 2.58. The van der Waals surface area contributed by atoms with Crippen LogP contribution in [0.4, 0.5) is 0 Å². The van der Waals surface area contributed by atoms with Gasteiger partial charge in [-0.05, 0) is 43.1 Å². The van der Waals surface area contributed by atoms with Crippen molar-refractivity contribution < 1.29 is 4.74 Å². The molecule has 18 heavy (non-hydrogen) atoms. The minimum Gasteiger partial charge on any atom is -0.492 e. The fourth-order valence-corrected chi connectivity index (χ4v) is 1.96. The van der Waals surface area contributed by atoms with Gasteiger partial charge >= 0.3 is 0 Å². The minimum atomic E-state index is 0.552. The summed E-state index contributed by atoms with van der Waals surface area (Å²) in [4.78, 5) is 2.38. The van der Waals surface area contributed by atoms with Gasteiger partial charge in [0.25, 0.3) is 0 Å². The Morgan fingerprint density at radius 1 is 1.17 bits per heavy atom. The lowest BCUT2D eigenvalue weighted by Crippen LogP contribution is -2.28. The van der Waals surface area contributed by atoms with E-state index in [4.69, 9.17) is 4.74 Å². The van der Waals surface area contributed by atoms with Crippen LogP contribution in [0.3, 0.4) is 0 Å². The molecule has 0 amide bonds. The van der Waals surface area contributed by atoms with Gasteiger partial charge in [0.15, 0.2) is 0 Å². The highest BCUT2D eigenvalue weighted by Gasteiger charge is 2.05. The standard InChI is InChI=1S/C16H27NO/c1-6-17(7-2)10-11-18-16-12-15(13(3)4)9-8-14(16)5/h8-9,12-13H,6-7,10-11H2,1-5H3. The van der Waals surface area contributed by atoms with Crippen LogP contribution in [0.25, 0.3) is 0 Å². The Hall–Kier alpha value is -1.02. The molecule has 2 nitrogen and oxygen atoms in total. The van der Waals surface area contributed by atoms with Gasteiger partial charge in [0.2, 0.25) is 0 Å². The summed E-state index contributed by atoms with van der Waals surface area (Å²) in [6.45, 7) is 14.9. The molecule has 0 N–H and O–H groups in total. The van der Waals surface area contributed by atoms with Crippen LogP contribution in [0.2, 0.25) is 0 Å². The van der Waals surface area contributed by atoms with Gasteiger partial charge in [0, 0.05) is 6.54 Å². The van der Waals surface area contributed by atoms with E-state index in [2.05, 4.69) is 57.7 Å². The second-order valence-corrected chi connectivity index (χ2v) is 5.05. The van der Waals surface area contributed by atoms with Crippen molar-refractivity contribution in [2.75, 3.05) is 26.2 Å². The summed E-state index contributed by atoms with van der Waals surface area (Å²) in [5.74, 6) is 1.59. The van der Waals surface area contributed by atoms with Crippen molar-refractivity contribution in [1.29, 1.82) is 0 Å². The third-order valence-corrected chi connectivity index (χ3v) is 3.44. The summed E-state index contributed by atoms with van der Waals surface area (Å²) < 4.78 is 5.92. The van der Waals surface area contributed by atoms with Crippen LogP contribution in [0, 0.1) is 6.92 Å². The highest BCUT2D eigenvalue weighted by Crippen LogP contribution is 2.24. The fraction of sp³-hybridized carbons (Fsp3) is 0.625. The van der Waals surface area contributed by atoms with E-state index < -0.39 is 0 Å². The molecule has 1 aromatic rings. The molecule has 0 saturated carbocycles. The Bertz CT molecular complexity index is 356. The predicted octanol–water partition coefficient (Wildman–Crippen LogP) is 3.84.